The van der Waals surface area contributed by atoms with Crippen molar-refractivity contribution in [3.05, 3.63) is 40.4 Å². The fourth-order valence-electron chi connectivity index (χ4n) is 4.99. The number of piperidine rings is 1. The molecule has 1 aromatic heterocycles. The highest BCUT2D eigenvalue weighted by Gasteiger charge is 2.53. The number of carbonyl (C=O) groups excluding carboxylic acids is 2. The molecule has 3 fully saturated rings. The fourth-order valence-corrected chi connectivity index (χ4v) is 5.18. The second-order valence-corrected chi connectivity index (χ2v) is 10.0. The molecule has 2 aromatic rings. The third kappa shape index (κ3) is 3.39. The van der Waals surface area contributed by atoms with E-state index in [1.54, 1.807) is 0 Å². The van der Waals surface area contributed by atoms with Gasteiger partial charge < -0.3 is 9.80 Å². The van der Waals surface area contributed by atoms with E-state index in [0.717, 1.165) is 55.8 Å². The maximum Gasteiger partial charge on any atom is 0.260 e. The maximum absolute atomic E-state index is 14.6. The zero-order valence-corrected chi connectivity index (χ0v) is 18.5. The number of hydrogen-bond donors (Lipinski definition) is 0. The molecule has 4 aliphatic rings. The Labute approximate surface area is 190 Å². The molecular formula is C23H25ClFN5O2. The van der Waals surface area contributed by atoms with Gasteiger partial charge in [-0.2, -0.15) is 0 Å². The third-order valence-electron chi connectivity index (χ3n) is 7.19. The lowest BCUT2D eigenvalue weighted by Crippen LogP contribution is -2.39. The molecule has 3 heterocycles. The standard InChI is InChI=1S/C23H25ClFN5O2/c24-17-3-4-18-16(11-17)12-29(22(32)23(25)7-8-23)13-19-26-27-20(30(18)19)14-5-9-28(10-6-14)21(31)15-1-2-15/h3-4,11,14-15H,1-2,5-10,12-13H2. The Morgan fingerprint density at radius 2 is 1.78 bits per heavy atom. The molecule has 2 amide bonds. The van der Waals surface area contributed by atoms with Crippen LogP contribution < -0.4 is 0 Å². The van der Waals surface area contributed by atoms with Crippen molar-refractivity contribution in [2.24, 2.45) is 5.92 Å². The first-order valence-electron chi connectivity index (χ1n) is 11.4. The molecule has 0 unspecified atom stereocenters. The molecule has 1 aromatic carbocycles. The maximum atomic E-state index is 14.6. The van der Waals surface area contributed by atoms with Crippen LogP contribution in [0.15, 0.2) is 18.2 Å². The zero-order valence-electron chi connectivity index (χ0n) is 17.8. The SMILES string of the molecule is O=C(C1CC1)N1CCC(c2nnc3n2-c2ccc(Cl)cc2CN(C(=O)C2(F)CC2)C3)CC1. The van der Waals surface area contributed by atoms with E-state index in [1.807, 2.05) is 27.7 Å². The van der Waals surface area contributed by atoms with Gasteiger partial charge in [0.15, 0.2) is 11.5 Å². The predicted octanol–water partition coefficient (Wildman–Crippen LogP) is 3.38. The summed E-state index contributed by atoms with van der Waals surface area (Å²) in [5.41, 5.74) is 0.00802. The first-order valence-corrected chi connectivity index (χ1v) is 11.8. The summed E-state index contributed by atoms with van der Waals surface area (Å²) in [6.07, 6.45) is 4.25. The Balaban J connectivity index is 1.32. The minimum absolute atomic E-state index is 0.168. The van der Waals surface area contributed by atoms with Crippen LogP contribution in [0.4, 0.5) is 4.39 Å². The number of halogens is 2. The fraction of sp³-hybridized carbons (Fsp3) is 0.565. The summed E-state index contributed by atoms with van der Waals surface area (Å²) in [6.45, 7) is 1.95. The van der Waals surface area contributed by atoms with Crippen molar-refractivity contribution in [1.82, 2.24) is 24.6 Å². The second kappa shape index (κ2) is 7.27. The molecule has 168 valence electrons. The molecule has 0 atom stereocenters. The van der Waals surface area contributed by atoms with Gasteiger partial charge in [-0.1, -0.05) is 11.6 Å². The molecule has 2 saturated carbocycles. The van der Waals surface area contributed by atoms with Crippen LogP contribution in [0.5, 0.6) is 0 Å². The summed E-state index contributed by atoms with van der Waals surface area (Å²) >= 11 is 6.27. The lowest BCUT2D eigenvalue weighted by Gasteiger charge is -2.32. The van der Waals surface area contributed by atoms with Gasteiger partial charge >= 0.3 is 0 Å². The van der Waals surface area contributed by atoms with Gasteiger partial charge in [-0.3, -0.25) is 14.2 Å². The number of nitrogens with zero attached hydrogens (tertiary/aromatic N) is 5. The van der Waals surface area contributed by atoms with E-state index >= 15 is 0 Å². The van der Waals surface area contributed by atoms with Crippen LogP contribution in [-0.2, 0) is 22.7 Å². The predicted molar refractivity (Wildman–Crippen MR) is 115 cm³/mol. The van der Waals surface area contributed by atoms with Gasteiger partial charge in [-0.25, -0.2) is 4.39 Å². The Bertz CT molecular complexity index is 1100. The highest BCUT2D eigenvalue weighted by Crippen LogP contribution is 2.43. The molecule has 0 N–H and O–H groups in total. The van der Waals surface area contributed by atoms with Gasteiger partial charge in [0, 0.05) is 36.5 Å². The Morgan fingerprint density at radius 3 is 2.47 bits per heavy atom. The minimum atomic E-state index is -1.74. The quantitative estimate of drug-likeness (QED) is 0.708. The molecule has 2 aliphatic carbocycles. The van der Waals surface area contributed by atoms with Crippen molar-refractivity contribution < 1.29 is 14.0 Å². The van der Waals surface area contributed by atoms with Crippen molar-refractivity contribution in [2.75, 3.05) is 13.1 Å². The third-order valence-corrected chi connectivity index (χ3v) is 7.42. The summed E-state index contributed by atoms with van der Waals surface area (Å²) in [5.74, 6) is 1.70. The zero-order chi connectivity index (χ0) is 22.0. The number of aromatic nitrogens is 3. The molecule has 9 heteroatoms. The minimum Gasteiger partial charge on any atom is -0.342 e. The summed E-state index contributed by atoms with van der Waals surface area (Å²) < 4.78 is 16.6. The number of hydrogen-bond acceptors (Lipinski definition) is 4. The Kier molecular flexibility index (Phi) is 4.58. The Morgan fingerprint density at radius 1 is 1.03 bits per heavy atom. The van der Waals surface area contributed by atoms with E-state index < -0.39 is 11.6 Å². The van der Waals surface area contributed by atoms with Crippen LogP contribution in [0.3, 0.4) is 0 Å². The van der Waals surface area contributed by atoms with Crippen LogP contribution in [0, 0.1) is 5.92 Å². The Hall–Kier alpha value is -2.48. The number of benzene rings is 1. The van der Waals surface area contributed by atoms with E-state index in [9.17, 15) is 14.0 Å². The first kappa shape index (κ1) is 20.1. The molecule has 6 rings (SSSR count). The van der Waals surface area contributed by atoms with Gasteiger partial charge in [-0.15, -0.1) is 10.2 Å². The van der Waals surface area contributed by atoms with E-state index in [1.165, 1.54) is 4.90 Å². The molecule has 0 radical (unpaired) electrons. The van der Waals surface area contributed by atoms with Gasteiger partial charge in [0.05, 0.1) is 12.2 Å². The van der Waals surface area contributed by atoms with Crippen molar-refractivity contribution >= 4 is 23.4 Å². The number of rotatable bonds is 3. The van der Waals surface area contributed by atoms with E-state index in [4.69, 9.17) is 11.6 Å². The van der Waals surface area contributed by atoms with Gasteiger partial charge in [0.1, 0.15) is 5.82 Å². The van der Waals surface area contributed by atoms with Crippen molar-refractivity contribution in [3.63, 3.8) is 0 Å². The average Bonchev–Trinajstić information content (AvgIpc) is 3.72. The van der Waals surface area contributed by atoms with Crippen LogP contribution in [0.1, 0.15) is 61.7 Å². The van der Waals surface area contributed by atoms with Crippen molar-refractivity contribution in [2.45, 2.75) is 63.2 Å². The lowest BCUT2D eigenvalue weighted by molar-refractivity contribution is -0.139. The molecule has 0 bridgehead atoms. The van der Waals surface area contributed by atoms with Crippen molar-refractivity contribution in [3.8, 4) is 5.69 Å². The highest BCUT2D eigenvalue weighted by atomic mass is 35.5. The van der Waals surface area contributed by atoms with Crippen molar-refractivity contribution in [1.29, 1.82) is 0 Å². The summed E-state index contributed by atoms with van der Waals surface area (Å²) in [4.78, 5) is 28.8. The molecular weight excluding hydrogens is 433 g/mol. The van der Waals surface area contributed by atoms with E-state index in [-0.39, 0.29) is 43.7 Å². The summed E-state index contributed by atoms with van der Waals surface area (Å²) in [5, 5.41) is 9.51. The van der Waals surface area contributed by atoms with Crippen LogP contribution >= 0.6 is 11.6 Å². The van der Waals surface area contributed by atoms with Gasteiger partial charge in [0.25, 0.3) is 5.91 Å². The topological polar surface area (TPSA) is 71.3 Å². The van der Waals surface area contributed by atoms with Crippen LogP contribution in [-0.4, -0.2) is 55.1 Å². The number of fused-ring (bicyclic) bond motifs is 3. The molecule has 32 heavy (non-hydrogen) atoms. The smallest absolute Gasteiger partial charge is 0.260 e. The summed E-state index contributed by atoms with van der Waals surface area (Å²) in [6, 6.07) is 5.58. The molecule has 2 aliphatic heterocycles. The summed E-state index contributed by atoms with van der Waals surface area (Å²) in [7, 11) is 0. The first-order chi connectivity index (χ1) is 15.4. The van der Waals surface area contributed by atoms with E-state index in [0.29, 0.717) is 10.8 Å². The van der Waals surface area contributed by atoms with E-state index in [2.05, 4.69) is 10.2 Å². The largest absolute Gasteiger partial charge is 0.342 e. The van der Waals surface area contributed by atoms with Gasteiger partial charge in [0.2, 0.25) is 5.91 Å². The molecule has 0 spiro atoms. The number of amides is 2. The molecule has 1 saturated heterocycles. The van der Waals surface area contributed by atoms with Crippen LogP contribution in [0.2, 0.25) is 5.02 Å². The number of alkyl halides is 1. The number of carbonyl (C=O) groups is 2. The normalized spacial score (nSPS) is 22.2. The molecule has 7 nitrogen and oxygen atoms in total. The average molecular weight is 458 g/mol. The van der Waals surface area contributed by atoms with Crippen LogP contribution in [0.25, 0.3) is 5.69 Å². The van der Waals surface area contributed by atoms with Gasteiger partial charge in [-0.05, 0) is 62.3 Å². The second-order valence-electron chi connectivity index (χ2n) is 9.58. The lowest BCUT2D eigenvalue weighted by atomic mass is 9.95. The number of likely N-dealkylation sites (tertiary alicyclic amines) is 1. The monoisotopic (exact) mass is 457 g/mol. The highest BCUT2D eigenvalue weighted by molar-refractivity contribution is 6.30.